The van der Waals surface area contributed by atoms with Crippen LogP contribution in [0.3, 0.4) is 0 Å². The van der Waals surface area contributed by atoms with Crippen LogP contribution in [0.2, 0.25) is 0 Å². The summed E-state index contributed by atoms with van der Waals surface area (Å²) in [6.07, 6.45) is 1.14. The Balaban J connectivity index is 1.60. The monoisotopic (exact) mass is 374 g/mol. The summed E-state index contributed by atoms with van der Waals surface area (Å²) in [6.45, 7) is 0. The molecule has 0 saturated carbocycles. The number of nitro groups is 1. The summed E-state index contributed by atoms with van der Waals surface area (Å²) in [5.74, 6) is -1.98. The Labute approximate surface area is 151 Å². The van der Waals surface area contributed by atoms with Gasteiger partial charge in [0, 0.05) is 18.6 Å². The zero-order valence-corrected chi connectivity index (χ0v) is 13.7. The molecule has 0 aliphatic carbocycles. The highest BCUT2D eigenvalue weighted by Crippen LogP contribution is 2.27. The summed E-state index contributed by atoms with van der Waals surface area (Å²) < 4.78 is 37.8. The number of aryl methyl sites for hydroxylation is 1. The lowest BCUT2D eigenvalue weighted by Gasteiger charge is -2.03. The number of carbonyl (C=O) groups is 1. The van der Waals surface area contributed by atoms with E-state index in [1.807, 2.05) is 0 Å². The van der Waals surface area contributed by atoms with E-state index < -0.39 is 22.5 Å². The summed E-state index contributed by atoms with van der Waals surface area (Å²) in [4.78, 5) is 25.8. The van der Waals surface area contributed by atoms with E-state index in [1.54, 1.807) is 0 Å². The number of halogens is 2. The average molecular weight is 374 g/mol. The lowest BCUT2D eigenvalue weighted by Crippen LogP contribution is -2.09. The molecule has 0 unspecified atom stereocenters. The molecule has 0 N–H and O–H groups in total. The summed E-state index contributed by atoms with van der Waals surface area (Å²) in [5.41, 5.74) is -0.452. The quantitative estimate of drug-likeness (QED) is 0.279. The van der Waals surface area contributed by atoms with Crippen LogP contribution >= 0.6 is 0 Å². The first-order valence-electron chi connectivity index (χ1n) is 7.78. The zero-order valence-electron chi connectivity index (χ0n) is 13.7. The van der Waals surface area contributed by atoms with Crippen molar-refractivity contribution in [3.63, 3.8) is 0 Å². The predicted molar refractivity (Wildman–Crippen MR) is 88.9 cm³/mol. The fourth-order valence-electron chi connectivity index (χ4n) is 2.30. The van der Waals surface area contributed by atoms with Crippen molar-refractivity contribution >= 4 is 11.7 Å². The highest BCUT2D eigenvalue weighted by molar-refractivity contribution is 5.72. The zero-order chi connectivity index (χ0) is 19.4. The Morgan fingerprint density at radius 1 is 1.15 bits per heavy atom. The lowest BCUT2D eigenvalue weighted by atomic mass is 10.1. The van der Waals surface area contributed by atoms with Gasteiger partial charge in [0.1, 0.15) is 17.4 Å². The van der Waals surface area contributed by atoms with Crippen LogP contribution in [0, 0.1) is 21.7 Å². The molecule has 0 atom stereocenters. The maximum absolute atomic E-state index is 13.7. The second-order valence-electron chi connectivity index (χ2n) is 5.44. The van der Waals surface area contributed by atoms with Crippen LogP contribution in [0.25, 0.3) is 11.3 Å². The van der Waals surface area contributed by atoms with Crippen LogP contribution < -0.4 is 4.74 Å². The normalized spacial score (nSPS) is 10.6. The number of carbonyl (C=O) groups excluding carboxylic acids is 1. The number of esters is 1. The van der Waals surface area contributed by atoms with Crippen LogP contribution in [-0.2, 0) is 11.2 Å². The summed E-state index contributed by atoms with van der Waals surface area (Å²) in [7, 11) is 0. The van der Waals surface area contributed by atoms with Crippen LogP contribution in [0.5, 0.6) is 5.75 Å². The summed E-state index contributed by atoms with van der Waals surface area (Å²) >= 11 is 0. The molecule has 138 valence electrons. The number of nitro benzene ring substituents is 1. The van der Waals surface area contributed by atoms with Crippen molar-refractivity contribution in [2.75, 3.05) is 0 Å². The Morgan fingerprint density at radius 2 is 1.81 bits per heavy atom. The highest BCUT2D eigenvalue weighted by atomic mass is 19.1. The number of oxazole rings is 1. The van der Waals surface area contributed by atoms with Crippen molar-refractivity contribution in [3.8, 4) is 17.1 Å². The Bertz CT molecular complexity index is 965. The number of benzene rings is 2. The van der Waals surface area contributed by atoms with Gasteiger partial charge in [0.2, 0.25) is 0 Å². The molecule has 3 aromatic rings. The van der Waals surface area contributed by atoms with Crippen molar-refractivity contribution in [2.24, 2.45) is 0 Å². The Morgan fingerprint density at radius 3 is 2.44 bits per heavy atom. The first-order valence-corrected chi connectivity index (χ1v) is 7.78. The van der Waals surface area contributed by atoms with Crippen LogP contribution in [-0.4, -0.2) is 15.9 Å². The second-order valence-corrected chi connectivity index (χ2v) is 5.44. The van der Waals surface area contributed by atoms with Crippen molar-refractivity contribution in [1.82, 2.24) is 4.98 Å². The van der Waals surface area contributed by atoms with E-state index in [2.05, 4.69) is 4.98 Å². The molecule has 0 fully saturated rings. The molecular formula is C18H12F2N2O5. The summed E-state index contributed by atoms with van der Waals surface area (Å²) in [5, 5.41) is 10.6. The van der Waals surface area contributed by atoms with Crippen LogP contribution in [0.15, 0.2) is 53.1 Å². The third-order valence-corrected chi connectivity index (χ3v) is 3.58. The first-order chi connectivity index (χ1) is 12.9. The molecule has 1 aromatic heterocycles. The van der Waals surface area contributed by atoms with Crippen LogP contribution in [0.4, 0.5) is 14.5 Å². The summed E-state index contributed by atoms with van der Waals surface area (Å²) in [6, 6.07) is 8.47. The molecule has 0 aliphatic heterocycles. The van der Waals surface area contributed by atoms with Crippen molar-refractivity contribution < 1.29 is 27.7 Å². The van der Waals surface area contributed by atoms with Gasteiger partial charge in [-0.05, 0) is 24.3 Å². The van der Waals surface area contributed by atoms with Gasteiger partial charge in [0.25, 0.3) is 5.69 Å². The van der Waals surface area contributed by atoms with E-state index in [0.717, 1.165) is 12.1 Å². The molecule has 0 radical (unpaired) electrons. The number of ether oxygens (including phenoxy) is 1. The minimum atomic E-state index is -0.782. The topological polar surface area (TPSA) is 95.5 Å². The Hall–Kier alpha value is -3.62. The molecule has 9 heteroatoms. The number of rotatable bonds is 6. The number of non-ortho nitro benzene ring substituents is 1. The highest BCUT2D eigenvalue weighted by Gasteiger charge is 2.16. The maximum atomic E-state index is 13.7. The molecule has 27 heavy (non-hydrogen) atoms. The standard InChI is InChI=1S/C18H12F2N2O5/c19-13-2-1-3-14(20)18(13)15-10-21-16(27-15)8-9-17(23)26-12-6-4-11(5-7-12)22(24)25/h1-7,10H,8-9H2. The number of hydrogen-bond acceptors (Lipinski definition) is 6. The average Bonchev–Trinajstić information content (AvgIpc) is 3.09. The molecule has 0 spiro atoms. The van der Waals surface area contributed by atoms with Gasteiger partial charge < -0.3 is 9.15 Å². The molecule has 0 saturated heterocycles. The smallest absolute Gasteiger partial charge is 0.311 e. The first kappa shape index (κ1) is 18.2. The van der Waals surface area contributed by atoms with E-state index in [4.69, 9.17) is 9.15 Å². The van der Waals surface area contributed by atoms with Crippen molar-refractivity contribution in [2.45, 2.75) is 12.8 Å². The maximum Gasteiger partial charge on any atom is 0.311 e. The molecular weight excluding hydrogens is 362 g/mol. The third-order valence-electron chi connectivity index (χ3n) is 3.58. The minimum Gasteiger partial charge on any atom is -0.441 e. The molecule has 0 amide bonds. The fraction of sp³-hybridized carbons (Fsp3) is 0.111. The molecule has 1 heterocycles. The number of aromatic nitrogens is 1. The second kappa shape index (κ2) is 7.73. The van der Waals surface area contributed by atoms with E-state index in [9.17, 15) is 23.7 Å². The van der Waals surface area contributed by atoms with E-state index in [0.29, 0.717) is 0 Å². The number of nitrogens with zero attached hydrogens (tertiary/aromatic N) is 2. The van der Waals surface area contributed by atoms with Gasteiger partial charge in [-0.25, -0.2) is 13.8 Å². The molecule has 3 rings (SSSR count). The van der Waals surface area contributed by atoms with Gasteiger partial charge >= 0.3 is 5.97 Å². The fourth-order valence-corrected chi connectivity index (χ4v) is 2.30. The van der Waals surface area contributed by atoms with Gasteiger partial charge in [0.15, 0.2) is 11.7 Å². The van der Waals surface area contributed by atoms with E-state index >= 15 is 0 Å². The lowest BCUT2D eigenvalue weighted by molar-refractivity contribution is -0.384. The van der Waals surface area contributed by atoms with Gasteiger partial charge in [-0.1, -0.05) is 6.07 Å². The largest absolute Gasteiger partial charge is 0.441 e. The SMILES string of the molecule is O=C(CCc1ncc(-c2c(F)cccc2F)o1)Oc1ccc([N+](=O)[O-])cc1. The van der Waals surface area contributed by atoms with E-state index in [-0.39, 0.29) is 41.5 Å². The van der Waals surface area contributed by atoms with Crippen molar-refractivity contribution in [1.29, 1.82) is 0 Å². The minimum absolute atomic E-state index is 0.0574. The van der Waals surface area contributed by atoms with Gasteiger partial charge in [-0.2, -0.15) is 0 Å². The van der Waals surface area contributed by atoms with E-state index in [1.165, 1.54) is 36.5 Å². The molecule has 0 bridgehead atoms. The predicted octanol–water partition coefficient (Wildman–Crippen LogP) is 4.07. The van der Waals surface area contributed by atoms with Gasteiger partial charge in [-0.3, -0.25) is 14.9 Å². The molecule has 0 aliphatic rings. The van der Waals surface area contributed by atoms with Gasteiger partial charge in [-0.15, -0.1) is 0 Å². The third kappa shape index (κ3) is 4.32. The van der Waals surface area contributed by atoms with Gasteiger partial charge in [0.05, 0.1) is 23.1 Å². The molecule has 2 aromatic carbocycles. The Kier molecular flexibility index (Phi) is 5.20. The van der Waals surface area contributed by atoms with Crippen molar-refractivity contribution in [3.05, 3.63) is 76.3 Å². The number of hydrogen-bond donors (Lipinski definition) is 0. The molecule has 7 nitrogen and oxygen atoms in total. The van der Waals surface area contributed by atoms with Crippen LogP contribution in [0.1, 0.15) is 12.3 Å².